The molecule has 1 aliphatic heterocycles. The van der Waals surface area contributed by atoms with E-state index in [2.05, 4.69) is 5.10 Å². The van der Waals surface area contributed by atoms with Crippen LogP contribution in [-0.2, 0) is 19.1 Å². The van der Waals surface area contributed by atoms with Crippen molar-refractivity contribution in [2.24, 2.45) is 0 Å². The van der Waals surface area contributed by atoms with Crippen molar-refractivity contribution < 1.29 is 23.5 Å². The third kappa shape index (κ3) is 3.85. The predicted octanol–water partition coefficient (Wildman–Crippen LogP) is 4.16. The zero-order chi connectivity index (χ0) is 21.2. The maximum atomic E-state index is 12.2. The van der Waals surface area contributed by atoms with Crippen molar-refractivity contribution in [3.63, 3.8) is 0 Å². The van der Waals surface area contributed by atoms with Gasteiger partial charge >= 0.3 is 11.9 Å². The summed E-state index contributed by atoms with van der Waals surface area (Å²) in [5.74, 6) is -0.545. The smallest absolute Gasteiger partial charge is 0.347 e. The first-order chi connectivity index (χ1) is 15.2. The lowest BCUT2D eigenvalue weighted by Crippen LogP contribution is -2.21. The van der Waals surface area contributed by atoms with E-state index in [1.54, 1.807) is 10.8 Å². The zero-order valence-corrected chi connectivity index (χ0v) is 16.4. The largest absolute Gasteiger partial charge is 0.463 e. The predicted molar refractivity (Wildman–Crippen MR) is 113 cm³/mol. The number of hydrogen-bond donors (Lipinski definition) is 0. The number of rotatable bonds is 5. The van der Waals surface area contributed by atoms with Gasteiger partial charge in [0, 0.05) is 29.6 Å². The second kappa shape index (κ2) is 7.95. The second-order valence-electron chi connectivity index (χ2n) is 7.08. The number of furan rings is 1. The van der Waals surface area contributed by atoms with Gasteiger partial charge in [-0.15, -0.1) is 0 Å². The van der Waals surface area contributed by atoms with Crippen molar-refractivity contribution in [1.29, 1.82) is 0 Å². The molecule has 0 unspecified atom stereocenters. The number of aromatic nitrogens is 2. The number of benzene rings is 2. The molecule has 0 spiro atoms. The molecule has 2 aromatic heterocycles. The number of carbonyl (C=O) groups is 2. The van der Waals surface area contributed by atoms with Crippen LogP contribution >= 0.6 is 0 Å². The Kier molecular flexibility index (Phi) is 4.84. The lowest BCUT2D eigenvalue weighted by Gasteiger charge is -2.04. The Balaban J connectivity index is 1.49. The van der Waals surface area contributed by atoms with Gasteiger partial charge in [0.1, 0.15) is 11.3 Å². The van der Waals surface area contributed by atoms with Crippen LogP contribution in [0.2, 0.25) is 0 Å². The van der Waals surface area contributed by atoms with Crippen molar-refractivity contribution in [2.45, 2.75) is 12.5 Å². The molecule has 7 nitrogen and oxygen atoms in total. The van der Waals surface area contributed by atoms with Gasteiger partial charge in [0.2, 0.25) is 6.10 Å². The first kappa shape index (κ1) is 18.9. The Morgan fingerprint density at radius 3 is 2.71 bits per heavy atom. The van der Waals surface area contributed by atoms with Crippen molar-refractivity contribution in [2.75, 3.05) is 6.61 Å². The van der Waals surface area contributed by atoms with Gasteiger partial charge in [0.25, 0.3) is 0 Å². The van der Waals surface area contributed by atoms with Gasteiger partial charge in [0.05, 0.1) is 12.3 Å². The summed E-state index contributed by atoms with van der Waals surface area (Å²) in [6, 6.07) is 19.3. The average molecular weight is 414 g/mol. The summed E-state index contributed by atoms with van der Waals surface area (Å²) in [7, 11) is 0. The highest BCUT2D eigenvalue weighted by molar-refractivity contribution is 5.91. The Morgan fingerprint density at radius 2 is 1.94 bits per heavy atom. The van der Waals surface area contributed by atoms with E-state index in [1.807, 2.05) is 66.9 Å². The van der Waals surface area contributed by atoms with E-state index in [0.29, 0.717) is 23.4 Å². The van der Waals surface area contributed by atoms with E-state index in [0.717, 1.165) is 16.7 Å². The third-order valence-electron chi connectivity index (χ3n) is 4.97. The summed E-state index contributed by atoms with van der Waals surface area (Å²) in [6.07, 6.45) is 4.22. The summed E-state index contributed by atoms with van der Waals surface area (Å²) >= 11 is 0. The van der Waals surface area contributed by atoms with Crippen LogP contribution in [0.15, 0.2) is 77.4 Å². The van der Waals surface area contributed by atoms with Crippen molar-refractivity contribution in [3.8, 4) is 17.1 Å². The van der Waals surface area contributed by atoms with Crippen LogP contribution in [0.1, 0.15) is 12.0 Å². The molecule has 3 heterocycles. The summed E-state index contributed by atoms with van der Waals surface area (Å²) in [6.45, 7) is 0.264. The van der Waals surface area contributed by atoms with Gasteiger partial charge in [-0.1, -0.05) is 36.4 Å². The normalized spacial score (nSPS) is 16.1. The Bertz CT molecular complexity index is 1250. The Morgan fingerprint density at radius 1 is 1.13 bits per heavy atom. The van der Waals surface area contributed by atoms with Crippen molar-refractivity contribution in [3.05, 3.63) is 78.5 Å². The molecule has 0 amide bonds. The topological polar surface area (TPSA) is 83.6 Å². The molecule has 1 aliphatic rings. The second-order valence-corrected chi connectivity index (χ2v) is 7.08. The molecule has 4 aromatic rings. The molecule has 1 fully saturated rings. The first-order valence-electron chi connectivity index (χ1n) is 9.87. The minimum Gasteiger partial charge on any atom is -0.463 e. The van der Waals surface area contributed by atoms with Crippen LogP contribution in [0, 0.1) is 0 Å². The lowest BCUT2D eigenvalue weighted by atomic mass is 10.2. The van der Waals surface area contributed by atoms with Crippen molar-refractivity contribution >= 4 is 29.0 Å². The molecule has 1 saturated heterocycles. The quantitative estimate of drug-likeness (QED) is 0.360. The molecule has 31 heavy (non-hydrogen) atoms. The van der Waals surface area contributed by atoms with Gasteiger partial charge in [-0.3, -0.25) is 0 Å². The van der Waals surface area contributed by atoms with E-state index in [-0.39, 0.29) is 6.61 Å². The first-order valence-corrected chi connectivity index (χ1v) is 9.87. The highest BCUT2D eigenvalue weighted by Gasteiger charge is 2.29. The molecule has 0 radical (unpaired) electrons. The molecule has 7 heteroatoms. The van der Waals surface area contributed by atoms with Gasteiger partial charge in [-0.25, -0.2) is 14.3 Å². The van der Waals surface area contributed by atoms with Gasteiger partial charge in [0.15, 0.2) is 5.76 Å². The fraction of sp³-hybridized carbons (Fsp3) is 0.125. The van der Waals surface area contributed by atoms with Crippen LogP contribution in [0.3, 0.4) is 0 Å². The molecular formula is C24H18N2O5. The van der Waals surface area contributed by atoms with Crippen LogP contribution in [-0.4, -0.2) is 34.4 Å². The standard InChI is InChI=1S/C24H18N2O5/c27-22(31-20-12-13-29-24(20)28)11-10-17-15-26(18-7-2-1-3-8-18)25-23(17)21-14-16-6-4-5-9-19(16)30-21/h1-11,14-15,20H,12-13H2/b11-10+/t20-/m1/s1. The molecule has 0 aliphatic carbocycles. The Labute approximate surface area is 177 Å². The van der Waals surface area contributed by atoms with E-state index >= 15 is 0 Å². The average Bonchev–Trinajstić information content (AvgIpc) is 3.51. The SMILES string of the molecule is O=C(/C=C/c1cn(-c2ccccc2)nc1-c1cc2ccccc2o1)O[C@@H]1CCOC1=O. The maximum Gasteiger partial charge on any atom is 0.347 e. The van der Waals surface area contributed by atoms with E-state index in [9.17, 15) is 9.59 Å². The zero-order valence-electron chi connectivity index (χ0n) is 16.4. The highest BCUT2D eigenvalue weighted by Crippen LogP contribution is 2.30. The minimum atomic E-state index is -0.848. The van der Waals surface area contributed by atoms with E-state index in [1.165, 1.54) is 6.08 Å². The van der Waals surface area contributed by atoms with Crippen LogP contribution in [0.5, 0.6) is 0 Å². The number of cyclic esters (lactones) is 1. The molecule has 0 N–H and O–H groups in total. The van der Waals surface area contributed by atoms with Gasteiger partial charge in [-0.2, -0.15) is 5.10 Å². The molecule has 2 aromatic carbocycles. The number of fused-ring (bicyclic) bond motifs is 1. The van der Waals surface area contributed by atoms with E-state index in [4.69, 9.17) is 13.9 Å². The molecule has 0 saturated carbocycles. The minimum absolute atomic E-state index is 0.264. The molecule has 1 atom stereocenters. The maximum absolute atomic E-state index is 12.2. The lowest BCUT2D eigenvalue weighted by molar-refractivity contribution is -0.156. The summed E-state index contributed by atoms with van der Waals surface area (Å²) in [4.78, 5) is 23.7. The summed E-state index contributed by atoms with van der Waals surface area (Å²) in [5.41, 5.74) is 2.88. The van der Waals surface area contributed by atoms with Crippen molar-refractivity contribution in [1.82, 2.24) is 9.78 Å². The number of carbonyl (C=O) groups excluding carboxylic acids is 2. The van der Waals surface area contributed by atoms with Crippen LogP contribution in [0.25, 0.3) is 34.2 Å². The number of para-hydroxylation sites is 2. The third-order valence-corrected chi connectivity index (χ3v) is 4.97. The highest BCUT2D eigenvalue weighted by atomic mass is 16.6. The van der Waals surface area contributed by atoms with E-state index < -0.39 is 18.0 Å². The molecule has 0 bridgehead atoms. The van der Waals surface area contributed by atoms with Crippen LogP contribution < -0.4 is 0 Å². The number of esters is 2. The van der Waals surface area contributed by atoms with Gasteiger partial charge < -0.3 is 13.9 Å². The van der Waals surface area contributed by atoms with Crippen LogP contribution in [0.4, 0.5) is 0 Å². The van der Waals surface area contributed by atoms with Gasteiger partial charge in [-0.05, 0) is 30.3 Å². The fourth-order valence-corrected chi connectivity index (χ4v) is 3.43. The summed E-state index contributed by atoms with van der Waals surface area (Å²) in [5, 5.41) is 5.64. The Hall–Kier alpha value is -4.13. The molecule has 154 valence electrons. The number of hydrogen-bond acceptors (Lipinski definition) is 6. The number of ether oxygens (including phenoxy) is 2. The summed E-state index contributed by atoms with van der Waals surface area (Å²) < 4.78 is 17.7. The number of nitrogens with zero attached hydrogens (tertiary/aromatic N) is 2. The monoisotopic (exact) mass is 414 g/mol. The molecule has 5 rings (SSSR count). The fourth-order valence-electron chi connectivity index (χ4n) is 3.43. The molecular weight excluding hydrogens is 396 g/mol.